The Morgan fingerprint density at radius 1 is 1.29 bits per heavy atom. The molecule has 1 atom stereocenters. The van der Waals surface area contributed by atoms with Crippen molar-refractivity contribution in [2.45, 2.75) is 39.3 Å². The van der Waals surface area contributed by atoms with Crippen molar-refractivity contribution in [3.8, 4) is 0 Å². The van der Waals surface area contributed by atoms with Crippen LogP contribution in [0, 0.1) is 0 Å². The summed E-state index contributed by atoms with van der Waals surface area (Å²) in [6.45, 7) is 7.76. The van der Waals surface area contributed by atoms with Gasteiger partial charge in [0.1, 0.15) is 0 Å². The Morgan fingerprint density at radius 2 is 1.94 bits per heavy atom. The average Bonchev–Trinajstić information content (AvgIpc) is 2.26. The number of aromatic nitrogens is 2. The number of carbonyl (C=O) groups excluding carboxylic acids is 1. The molecule has 5 heteroatoms. The molecule has 1 heterocycles. The SMILES string of the molecule is CNC(C)c1ccc(C(=O)NC(C)(C)C)nn1. The van der Waals surface area contributed by atoms with Gasteiger partial charge in [0.05, 0.1) is 5.69 Å². The molecule has 0 spiro atoms. The number of rotatable bonds is 3. The van der Waals surface area contributed by atoms with Gasteiger partial charge >= 0.3 is 0 Å². The van der Waals surface area contributed by atoms with Gasteiger partial charge in [0.2, 0.25) is 0 Å². The van der Waals surface area contributed by atoms with E-state index in [2.05, 4.69) is 20.8 Å². The van der Waals surface area contributed by atoms with E-state index in [4.69, 9.17) is 0 Å². The van der Waals surface area contributed by atoms with E-state index in [1.807, 2.05) is 40.8 Å². The first-order chi connectivity index (χ1) is 7.83. The minimum Gasteiger partial charge on any atom is -0.346 e. The van der Waals surface area contributed by atoms with Crippen molar-refractivity contribution in [1.82, 2.24) is 20.8 Å². The number of nitrogens with zero attached hydrogens (tertiary/aromatic N) is 2. The third-order valence-corrected chi connectivity index (χ3v) is 2.28. The maximum absolute atomic E-state index is 11.8. The molecule has 1 aromatic rings. The van der Waals surface area contributed by atoms with Crippen LogP contribution in [0.25, 0.3) is 0 Å². The molecule has 0 saturated carbocycles. The number of hydrogen-bond donors (Lipinski definition) is 2. The molecule has 0 radical (unpaired) electrons. The van der Waals surface area contributed by atoms with Gasteiger partial charge in [-0.1, -0.05) is 0 Å². The van der Waals surface area contributed by atoms with Gasteiger partial charge in [0, 0.05) is 11.6 Å². The van der Waals surface area contributed by atoms with Crippen molar-refractivity contribution >= 4 is 5.91 Å². The second kappa shape index (κ2) is 5.23. The molecule has 0 fully saturated rings. The van der Waals surface area contributed by atoms with E-state index in [0.29, 0.717) is 5.69 Å². The molecule has 17 heavy (non-hydrogen) atoms. The lowest BCUT2D eigenvalue weighted by Gasteiger charge is -2.20. The Balaban J connectivity index is 2.77. The van der Waals surface area contributed by atoms with Crippen molar-refractivity contribution in [3.63, 3.8) is 0 Å². The van der Waals surface area contributed by atoms with Gasteiger partial charge in [-0.25, -0.2) is 0 Å². The molecule has 0 aliphatic heterocycles. The van der Waals surface area contributed by atoms with Gasteiger partial charge in [0.25, 0.3) is 5.91 Å². The molecule has 0 aromatic carbocycles. The fraction of sp³-hybridized carbons (Fsp3) is 0.583. The molecule has 5 nitrogen and oxygen atoms in total. The van der Waals surface area contributed by atoms with Crippen LogP contribution in [0.4, 0.5) is 0 Å². The third-order valence-electron chi connectivity index (χ3n) is 2.28. The van der Waals surface area contributed by atoms with E-state index in [0.717, 1.165) is 5.69 Å². The lowest BCUT2D eigenvalue weighted by Crippen LogP contribution is -2.41. The zero-order chi connectivity index (χ0) is 13.1. The Kier molecular flexibility index (Phi) is 4.17. The largest absolute Gasteiger partial charge is 0.346 e. The van der Waals surface area contributed by atoms with Gasteiger partial charge in [0.15, 0.2) is 5.69 Å². The second-order valence-electron chi connectivity index (χ2n) is 5.06. The Labute approximate surface area is 102 Å². The van der Waals surface area contributed by atoms with E-state index < -0.39 is 0 Å². The summed E-state index contributed by atoms with van der Waals surface area (Å²) in [5.41, 5.74) is 0.891. The molecule has 1 rings (SSSR count). The summed E-state index contributed by atoms with van der Waals surface area (Å²) < 4.78 is 0. The van der Waals surface area contributed by atoms with Crippen LogP contribution in [0.5, 0.6) is 0 Å². The van der Waals surface area contributed by atoms with Gasteiger partial charge in [-0.3, -0.25) is 4.79 Å². The highest BCUT2D eigenvalue weighted by atomic mass is 16.2. The minimum atomic E-state index is -0.268. The van der Waals surface area contributed by atoms with Crippen LogP contribution >= 0.6 is 0 Å². The normalized spacial score (nSPS) is 13.2. The van der Waals surface area contributed by atoms with Crippen LogP contribution in [0.1, 0.15) is 49.9 Å². The summed E-state index contributed by atoms with van der Waals surface area (Å²) in [6.07, 6.45) is 0. The molecule has 0 aliphatic rings. The lowest BCUT2D eigenvalue weighted by atomic mass is 10.1. The van der Waals surface area contributed by atoms with Crippen LogP contribution in [-0.4, -0.2) is 28.7 Å². The Hall–Kier alpha value is -1.49. The molecule has 0 saturated heterocycles. The Bertz CT molecular complexity index is 380. The maximum atomic E-state index is 11.8. The summed E-state index contributed by atoms with van der Waals surface area (Å²) >= 11 is 0. The highest BCUT2D eigenvalue weighted by Crippen LogP contribution is 2.08. The van der Waals surface area contributed by atoms with Crippen LogP contribution in [0.3, 0.4) is 0 Å². The smallest absolute Gasteiger partial charge is 0.272 e. The van der Waals surface area contributed by atoms with Crippen molar-refractivity contribution in [2.75, 3.05) is 7.05 Å². The average molecular weight is 236 g/mol. The molecule has 0 aliphatic carbocycles. The molecule has 0 bridgehead atoms. The zero-order valence-corrected chi connectivity index (χ0v) is 11.0. The lowest BCUT2D eigenvalue weighted by molar-refractivity contribution is 0.0913. The molecular weight excluding hydrogens is 216 g/mol. The van der Waals surface area contributed by atoms with Gasteiger partial charge in [-0.15, -0.1) is 5.10 Å². The molecular formula is C12H20N4O. The molecule has 94 valence electrons. The van der Waals surface area contributed by atoms with Gasteiger partial charge in [-0.05, 0) is 46.9 Å². The minimum absolute atomic E-state index is 0.127. The van der Waals surface area contributed by atoms with Gasteiger partial charge in [-0.2, -0.15) is 5.10 Å². The fourth-order valence-electron chi connectivity index (χ4n) is 1.25. The molecule has 1 amide bonds. The quantitative estimate of drug-likeness (QED) is 0.829. The van der Waals surface area contributed by atoms with Crippen LogP contribution in [-0.2, 0) is 0 Å². The number of amides is 1. The Morgan fingerprint density at radius 3 is 2.35 bits per heavy atom. The standard InChI is InChI=1S/C12H20N4O/c1-8(13-5)9-6-7-10(16-15-9)11(17)14-12(2,3)4/h6-8,13H,1-5H3,(H,14,17). The van der Waals surface area contributed by atoms with Crippen LogP contribution in [0.2, 0.25) is 0 Å². The highest BCUT2D eigenvalue weighted by molar-refractivity contribution is 5.92. The molecule has 2 N–H and O–H groups in total. The predicted octanol–water partition coefficient (Wildman–Crippen LogP) is 1.29. The maximum Gasteiger partial charge on any atom is 0.272 e. The second-order valence-corrected chi connectivity index (χ2v) is 5.06. The van der Waals surface area contributed by atoms with Crippen molar-refractivity contribution < 1.29 is 4.79 Å². The van der Waals surface area contributed by atoms with E-state index in [1.165, 1.54) is 0 Å². The summed E-state index contributed by atoms with van der Waals surface area (Å²) in [5.74, 6) is -0.200. The first-order valence-corrected chi connectivity index (χ1v) is 5.67. The van der Waals surface area contributed by atoms with Crippen molar-refractivity contribution in [1.29, 1.82) is 0 Å². The summed E-state index contributed by atoms with van der Waals surface area (Å²) in [7, 11) is 1.85. The van der Waals surface area contributed by atoms with E-state index in [1.54, 1.807) is 6.07 Å². The molecule has 1 unspecified atom stereocenters. The third kappa shape index (κ3) is 4.11. The number of carbonyl (C=O) groups is 1. The highest BCUT2D eigenvalue weighted by Gasteiger charge is 2.17. The van der Waals surface area contributed by atoms with Gasteiger partial charge < -0.3 is 10.6 Å². The van der Waals surface area contributed by atoms with Crippen LogP contribution in [0.15, 0.2) is 12.1 Å². The monoisotopic (exact) mass is 236 g/mol. The summed E-state index contributed by atoms with van der Waals surface area (Å²) in [5, 5.41) is 13.9. The predicted molar refractivity (Wildman–Crippen MR) is 66.7 cm³/mol. The molecule has 1 aromatic heterocycles. The van der Waals surface area contributed by atoms with Crippen LogP contribution < -0.4 is 10.6 Å². The topological polar surface area (TPSA) is 66.9 Å². The van der Waals surface area contributed by atoms with Crippen molar-refractivity contribution in [3.05, 3.63) is 23.5 Å². The summed E-state index contributed by atoms with van der Waals surface area (Å²) in [4.78, 5) is 11.8. The van der Waals surface area contributed by atoms with E-state index >= 15 is 0 Å². The zero-order valence-electron chi connectivity index (χ0n) is 11.0. The first-order valence-electron chi connectivity index (χ1n) is 5.67. The summed E-state index contributed by atoms with van der Waals surface area (Å²) in [6, 6.07) is 3.63. The van der Waals surface area contributed by atoms with E-state index in [9.17, 15) is 4.79 Å². The van der Waals surface area contributed by atoms with E-state index in [-0.39, 0.29) is 17.5 Å². The number of nitrogens with one attached hydrogen (secondary N) is 2. The fourth-order valence-corrected chi connectivity index (χ4v) is 1.25. The first kappa shape index (κ1) is 13.6. The van der Waals surface area contributed by atoms with Crippen molar-refractivity contribution in [2.24, 2.45) is 0 Å². The number of hydrogen-bond acceptors (Lipinski definition) is 4.